The smallest absolute Gasteiger partial charge is 0.326 e. The van der Waals surface area contributed by atoms with E-state index in [1.807, 2.05) is 6.92 Å². The Balaban J connectivity index is 5.67. The Bertz CT molecular complexity index is 774. The number of nitrogens with one attached hydrogen (secondary N) is 3. The lowest BCUT2D eigenvalue weighted by molar-refractivity contribution is -0.144. The lowest BCUT2D eigenvalue weighted by atomic mass is 9.95. The normalized spacial score (nSPS) is 16.0. The third-order valence-electron chi connectivity index (χ3n) is 5.89. The highest BCUT2D eigenvalue weighted by Gasteiger charge is 2.33. The fourth-order valence-electron chi connectivity index (χ4n) is 3.06. The molecule has 0 rings (SSSR count). The summed E-state index contributed by atoms with van der Waals surface area (Å²) in [6.45, 7) is 7.15. The number of carboxylic acids is 3. The van der Waals surface area contributed by atoms with Crippen molar-refractivity contribution in [2.75, 3.05) is 0 Å². The zero-order chi connectivity index (χ0) is 27.3. The third-order valence-corrected chi connectivity index (χ3v) is 5.89. The van der Waals surface area contributed by atoms with E-state index in [-0.39, 0.29) is 18.3 Å². The molecule has 0 aliphatic carbocycles. The highest BCUT2D eigenvalue weighted by atomic mass is 16.4. The molecule has 0 heterocycles. The molecule has 6 unspecified atom stereocenters. The van der Waals surface area contributed by atoms with E-state index in [4.69, 9.17) is 15.9 Å². The fraction of sp³-hybridized carbons (Fsp3) is 0.727. The van der Waals surface area contributed by atoms with Crippen LogP contribution in [0.4, 0.5) is 0 Å². The molecule has 6 atom stereocenters. The summed E-state index contributed by atoms with van der Waals surface area (Å²) in [5.41, 5.74) is 5.95. The van der Waals surface area contributed by atoms with Crippen molar-refractivity contribution < 1.29 is 44.1 Å². The standard InChI is InChI=1S/C22H38N4O9/c1-5-11(3)17(23)20(32)26-18(12(4)6-2)21(33)24-13(7-9-15(27)28)19(31)25-14(22(34)35)8-10-16(29)30/h11-14,17-18H,5-10,23H2,1-4H3,(H,24,33)(H,25,31)(H,26,32)(H,27,28)(H,29,30)(H,34,35). The maximum absolute atomic E-state index is 13.0. The molecule has 0 aromatic heterocycles. The van der Waals surface area contributed by atoms with Crippen LogP contribution in [0.3, 0.4) is 0 Å². The molecule has 13 nitrogen and oxygen atoms in total. The van der Waals surface area contributed by atoms with Crippen molar-refractivity contribution in [3.63, 3.8) is 0 Å². The second-order valence-electron chi connectivity index (χ2n) is 8.61. The number of amides is 3. The Morgan fingerprint density at radius 2 is 1.14 bits per heavy atom. The molecule has 0 spiro atoms. The summed E-state index contributed by atoms with van der Waals surface area (Å²) in [5.74, 6) is -6.79. The van der Waals surface area contributed by atoms with Crippen molar-refractivity contribution >= 4 is 35.6 Å². The first kappa shape index (κ1) is 31.8. The predicted molar refractivity (Wildman–Crippen MR) is 124 cm³/mol. The Kier molecular flexibility index (Phi) is 14.2. The molecule has 0 fully saturated rings. The van der Waals surface area contributed by atoms with E-state index < -0.39 is 79.1 Å². The van der Waals surface area contributed by atoms with Crippen molar-refractivity contribution in [3.8, 4) is 0 Å². The van der Waals surface area contributed by atoms with Gasteiger partial charge in [0.05, 0.1) is 6.04 Å². The number of aliphatic carboxylic acids is 3. The van der Waals surface area contributed by atoms with Gasteiger partial charge in [0.15, 0.2) is 0 Å². The molecular weight excluding hydrogens is 464 g/mol. The van der Waals surface area contributed by atoms with Crippen LogP contribution in [0.2, 0.25) is 0 Å². The van der Waals surface area contributed by atoms with Gasteiger partial charge in [-0.3, -0.25) is 24.0 Å². The summed E-state index contributed by atoms with van der Waals surface area (Å²) < 4.78 is 0. The second-order valence-corrected chi connectivity index (χ2v) is 8.61. The molecule has 0 saturated heterocycles. The van der Waals surface area contributed by atoms with E-state index in [0.717, 1.165) is 0 Å². The van der Waals surface area contributed by atoms with Crippen LogP contribution in [0.15, 0.2) is 0 Å². The quantitative estimate of drug-likeness (QED) is 0.137. The number of hydrogen-bond acceptors (Lipinski definition) is 7. The van der Waals surface area contributed by atoms with Gasteiger partial charge in [0.2, 0.25) is 17.7 Å². The Labute approximate surface area is 204 Å². The van der Waals surface area contributed by atoms with Gasteiger partial charge in [0.1, 0.15) is 18.1 Å². The van der Waals surface area contributed by atoms with Crippen LogP contribution in [0.5, 0.6) is 0 Å². The van der Waals surface area contributed by atoms with Crippen LogP contribution < -0.4 is 21.7 Å². The number of rotatable bonds is 17. The number of nitrogens with two attached hydrogens (primary N) is 1. The summed E-state index contributed by atoms with van der Waals surface area (Å²) in [6, 6.07) is -4.93. The van der Waals surface area contributed by atoms with Gasteiger partial charge in [-0.1, -0.05) is 40.5 Å². The number of carboxylic acid groups (broad SMARTS) is 3. The molecule has 0 aromatic rings. The van der Waals surface area contributed by atoms with Crippen LogP contribution in [-0.2, 0) is 28.8 Å². The van der Waals surface area contributed by atoms with Gasteiger partial charge >= 0.3 is 17.9 Å². The number of carbonyl (C=O) groups excluding carboxylic acids is 3. The van der Waals surface area contributed by atoms with Crippen molar-refractivity contribution in [2.45, 2.75) is 90.4 Å². The molecule has 0 saturated carbocycles. The SMILES string of the molecule is CCC(C)C(N)C(=O)NC(C(=O)NC(CCC(=O)O)C(=O)NC(CCC(=O)O)C(=O)O)C(C)CC. The summed E-state index contributed by atoms with van der Waals surface area (Å²) >= 11 is 0. The van der Waals surface area contributed by atoms with Crippen LogP contribution in [0.1, 0.15) is 66.2 Å². The highest BCUT2D eigenvalue weighted by Crippen LogP contribution is 2.12. The summed E-state index contributed by atoms with van der Waals surface area (Å²) in [7, 11) is 0. The zero-order valence-electron chi connectivity index (χ0n) is 20.6. The molecule has 200 valence electrons. The third kappa shape index (κ3) is 11.7. The Morgan fingerprint density at radius 1 is 0.686 bits per heavy atom. The number of hydrogen-bond donors (Lipinski definition) is 7. The molecule has 0 aliphatic heterocycles. The molecular formula is C22H38N4O9. The van der Waals surface area contributed by atoms with Crippen molar-refractivity contribution in [3.05, 3.63) is 0 Å². The molecule has 13 heteroatoms. The first-order chi connectivity index (χ1) is 16.2. The average molecular weight is 503 g/mol. The van der Waals surface area contributed by atoms with Gasteiger partial charge in [-0.25, -0.2) is 4.79 Å². The maximum atomic E-state index is 13.0. The molecule has 0 bridgehead atoms. The van der Waals surface area contributed by atoms with E-state index in [2.05, 4.69) is 16.0 Å². The van der Waals surface area contributed by atoms with E-state index >= 15 is 0 Å². The van der Waals surface area contributed by atoms with Crippen LogP contribution in [0, 0.1) is 11.8 Å². The van der Waals surface area contributed by atoms with Crippen LogP contribution >= 0.6 is 0 Å². The van der Waals surface area contributed by atoms with Gasteiger partial charge in [-0.05, 0) is 24.7 Å². The van der Waals surface area contributed by atoms with Gasteiger partial charge in [-0.2, -0.15) is 0 Å². The summed E-state index contributed by atoms with van der Waals surface area (Å²) in [5, 5.41) is 34.2. The number of carbonyl (C=O) groups is 6. The lowest BCUT2D eigenvalue weighted by Crippen LogP contribution is -2.59. The van der Waals surface area contributed by atoms with Crippen LogP contribution in [-0.4, -0.2) is 75.1 Å². The van der Waals surface area contributed by atoms with Crippen molar-refractivity contribution in [1.29, 1.82) is 0 Å². The van der Waals surface area contributed by atoms with Gasteiger partial charge in [0, 0.05) is 12.8 Å². The minimum Gasteiger partial charge on any atom is -0.481 e. The van der Waals surface area contributed by atoms with Gasteiger partial charge in [-0.15, -0.1) is 0 Å². The van der Waals surface area contributed by atoms with E-state index in [9.17, 15) is 33.9 Å². The minimum atomic E-state index is -1.55. The first-order valence-corrected chi connectivity index (χ1v) is 11.6. The van der Waals surface area contributed by atoms with Crippen molar-refractivity contribution in [2.24, 2.45) is 17.6 Å². The highest BCUT2D eigenvalue weighted by molar-refractivity contribution is 5.94. The summed E-state index contributed by atoms with van der Waals surface area (Å²) in [6.07, 6.45) is -0.675. The minimum absolute atomic E-state index is 0.150. The van der Waals surface area contributed by atoms with E-state index in [1.54, 1.807) is 20.8 Å². The molecule has 35 heavy (non-hydrogen) atoms. The fourth-order valence-corrected chi connectivity index (χ4v) is 3.06. The second kappa shape index (κ2) is 15.6. The largest absolute Gasteiger partial charge is 0.481 e. The zero-order valence-corrected chi connectivity index (χ0v) is 20.6. The molecule has 0 aliphatic rings. The Hall–Kier alpha value is -3.22. The predicted octanol–water partition coefficient (Wildman–Crippen LogP) is -0.325. The molecule has 0 radical (unpaired) electrons. The maximum Gasteiger partial charge on any atom is 0.326 e. The van der Waals surface area contributed by atoms with E-state index in [0.29, 0.717) is 12.8 Å². The monoisotopic (exact) mass is 502 g/mol. The summed E-state index contributed by atoms with van der Waals surface area (Å²) in [4.78, 5) is 71.6. The molecule has 0 aromatic carbocycles. The topological polar surface area (TPSA) is 225 Å². The van der Waals surface area contributed by atoms with Gasteiger partial charge < -0.3 is 37.0 Å². The average Bonchev–Trinajstić information content (AvgIpc) is 2.79. The first-order valence-electron chi connectivity index (χ1n) is 11.6. The Morgan fingerprint density at radius 3 is 1.57 bits per heavy atom. The van der Waals surface area contributed by atoms with E-state index in [1.165, 1.54) is 0 Å². The van der Waals surface area contributed by atoms with Crippen LogP contribution in [0.25, 0.3) is 0 Å². The lowest BCUT2D eigenvalue weighted by Gasteiger charge is -2.28. The molecule has 3 amide bonds. The van der Waals surface area contributed by atoms with Crippen molar-refractivity contribution in [1.82, 2.24) is 16.0 Å². The van der Waals surface area contributed by atoms with Gasteiger partial charge in [0.25, 0.3) is 0 Å². The molecule has 8 N–H and O–H groups in total.